The molecule has 0 spiro atoms. The molecule has 1 saturated carbocycles. The number of hydrogen-bond acceptors (Lipinski definition) is 7. The minimum Gasteiger partial charge on any atom is -0.493 e. The number of benzene rings is 1. The third-order valence-corrected chi connectivity index (χ3v) is 7.16. The number of H-pyrrole nitrogens is 1. The van der Waals surface area contributed by atoms with E-state index in [1.54, 1.807) is 24.4 Å². The molecule has 2 N–H and O–H groups in total. The van der Waals surface area contributed by atoms with E-state index in [4.69, 9.17) is 14.6 Å². The molecule has 0 atom stereocenters. The molecule has 11 heteroatoms. The molecule has 1 fully saturated rings. The van der Waals surface area contributed by atoms with Gasteiger partial charge in [-0.25, -0.2) is 17.9 Å². The van der Waals surface area contributed by atoms with Gasteiger partial charge in [-0.1, -0.05) is 12.8 Å². The van der Waals surface area contributed by atoms with Crippen molar-refractivity contribution < 1.29 is 17.9 Å². The number of aromatic nitrogens is 4. The molecule has 1 aliphatic carbocycles. The number of hydrogen-bond donors (Lipinski definition) is 2. The minimum atomic E-state index is -3.83. The van der Waals surface area contributed by atoms with Gasteiger partial charge in [0.25, 0.3) is 5.56 Å². The highest BCUT2D eigenvalue weighted by atomic mass is 32.2. The van der Waals surface area contributed by atoms with E-state index in [9.17, 15) is 13.2 Å². The maximum Gasteiger partial charge on any atom is 0.277 e. The van der Waals surface area contributed by atoms with Crippen LogP contribution in [0, 0.1) is 6.92 Å². The van der Waals surface area contributed by atoms with E-state index in [0.717, 1.165) is 31.5 Å². The maximum absolute atomic E-state index is 13.0. The monoisotopic (exact) mass is 475 g/mol. The lowest BCUT2D eigenvalue weighted by Gasteiger charge is -2.13. The van der Waals surface area contributed by atoms with Gasteiger partial charge in [0, 0.05) is 12.5 Å². The molecular formula is C22H29N5O5S. The summed E-state index contributed by atoms with van der Waals surface area (Å²) in [6.45, 7) is 6.02. The molecule has 4 rings (SSSR count). The van der Waals surface area contributed by atoms with Crippen LogP contribution in [0.25, 0.3) is 16.9 Å². The first-order valence-electron chi connectivity index (χ1n) is 11.2. The number of rotatable bonds is 9. The number of aromatic amines is 1. The number of nitrogens with zero attached hydrogens (tertiary/aromatic N) is 3. The molecule has 1 aliphatic rings. The fourth-order valence-electron chi connectivity index (χ4n) is 4.21. The Morgan fingerprint density at radius 1 is 1.21 bits per heavy atom. The van der Waals surface area contributed by atoms with Crippen LogP contribution in [0.15, 0.2) is 27.9 Å². The predicted molar refractivity (Wildman–Crippen MR) is 123 cm³/mol. The van der Waals surface area contributed by atoms with Gasteiger partial charge < -0.3 is 14.5 Å². The molecule has 178 valence electrons. The van der Waals surface area contributed by atoms with Crippen LogP contribution in [0.3, 0.4) is 0 Å². The Hall–Kier alpha value is -2.76. The van der Waals surface area contributed by atoms with Crippen molar-refractivity contribution in [2.24, 2.45) is 0 Å². The van der Waals surface area contributed by atoms with Gasteiger partial charge in [0.1, 0.15) is 18.3 Å². The summed E-state index contributed by atoms with van der Waals surface area (Å²) in [5.74, 6) is 1.65. The van der Waals surface area contributed by atoms with E-state index in [2.05, 4.69) is 14.7 Å². The molecule has 0 amide bonds. The van der Waals surface area contributed by atoms with Gasteiger partial charge in [0.15, 0.2) is 11.3 Å². The second-order valence-corrected chi connectivity index (χ2v) is 9.74. The lowest BCUT2D eigenvalue weighted by Crippen LogP contribution is -2.26. The van der Waals surface area contributed by atoms with Gasteiger partial charge in [-0.15, -0.1) is 5.10 Å². The highest BCUT2D eigenvalue weighted by molar-refractivity contribution is 7.89. The van der Waals surface area contributed by atoms with E-state index in [-0.39, 0.29) is 28.9 Å². The van der Waals surface area contributed by atoms with E-state index >= 15 is 0 Å². The fourth-order valence-corrected chi connectivity index (χ4v) is 5.14. The average Bonchev–Trinajstić information content (AvgIpc) is 3.42. The highest BCUT2D eigenvalue weighted by Gasteiger charge is 2.26. The molecule has 1 aromatic carbocycles. The normalized spacial score (nSPS) is 14.9. The summed E-state index contributed by atoms with van der Waals surface area (Å²) < 4.78 is 40.3. The van der Waals surface area contributed by atoms with Crippen molar-refractivity contribution in [3.05, 3.63) is 40.1 Å². The van der Waals surface area contributed by atoms with Crippen molar-refractivity contribution in [1.82, 2.24) is 24.3 Å². The van der Waals surface area contributed by atoms with Crippen molar-refractivity contribution in [2.45, 2.75) is 57.3 Å². The molecule has 2 heterocycles. The lowest BCUT2D eigenvalue weighted by atomic mass is 10.1. The zero-order chi connectivity index (χ0) is 23.6. The standard InChI is InChI=1S/C22H29N5O5S/c1-4-31-13-23-33(29,30)16-10-11-18(32-5-2)17(12-16)20-25-22(28)19-14(3)24-21(27(19)26-20)15-8-6-7-9-15/h10-12,15,23H,4-9,13H2,1-3H3,(H,25,26,28). The Bertz CT molecular complexity index is 1310. The van der Waals surface area contributed by atoms with Crippen LogP contribution in [0.1, 0.15) is 57.0 Å². The number of aryl methyl sites for hydroxylation is 1. The number of ether oxygens (including phenoxy) is 2. The summed E-state index contributed by atoms with van der Waals surface area (Å²) in [6.07, 6.45) is 4.26. The quantitative estimate of drug-likeness (QED) is 0.360. The molecule has 0 saturated heterocycles. The van der Waals surface area contributed by atoms with Crippen LogP contribution in [-0.4, -0.2) is 47.9 Å². The molecule has 0 unspecified atom stereocenters. The molecule has 10 nitrogen and oxygen atoms in total. The lowest BCUT2D eigenvalue weighted by molar-refractivity contribution is 0.144. The Labute approximate surface area is 192 Å². The second kappa shape index (κ2) is 9.62. The molecule has 0 radical (unpaired) electrons. The van der Waals surface area contributed by atoms with Crippen molar-refractivity contribution in [1.29, 1.82) is 0 Å². The van der Waals surface area contributed by atoms with Crippen LogP contribution in [0.4, 0.5) is 0 Å². The fraction of sp³-hybridized carbons (Fsp3) is 0.500. The van der Waals surface area contributed by atoms with Crippen LogP contribution >= 0.6 is 0 Å². The largest absolute Gasteiger partial charge is 0.493 e. The van der Waals surface area contributed by atoms with Crippen molar-refractivity contribution >= 4 is 15.5 Å². The van der Waals surface area contributed by atoms with Crippen molar-refractivity contribution in [3.63, 3.8) is 0 Å². The Morgan fingerprint density at radius 2 is 1.97 bits per heavy atom. The SMILES string of the molecule is CCOCNS(=O)(=O)c1ccc(OCC)c(-c2nn3c(C4CCCC4)nc(C)c3c(=O)[nH]2)c1. The molecule has 33 heavy (non-hydrogen) atoms. The van der Waals surface area contributed by atoms with Gasteiger partial charge in [-0.2, -0.15) is 4.72 Å². The van der Waals surface area contributed by atoms with E-state index in [0.29, 0.717) is 35.7 Å². The van der Waals surface area contributed by atoms with Crippen LogP contribution in [0.2, 0.25) is 0 Å². The number of fused-ring (bicyclic) bond motifs is 1. The Morgan fingerprint density at radius 3 is 2.67 bits per heavy atom. The third-order valence-electron chi connectivity index (χ3n) is 5.79. The Kier molecular flexibility index (Phi) is 6.82. The summed E-state index contributed by atoms with van der Waals surface area (Å²) in [6, 6.07) is 4.46. The van der Waals surface area contributed by atoms with Crippen molar-refractivity contribution in [3.8, 4) is 17.1 Å². The first kappa shape index (κ1) is 23.4. The predicted octanol–water partition coefficient (Wildman–Crippen LogP) is 2.72. The Balaban J connectivity index is 1.85. The molecule has 3 aromatic rings. The van der Waals surface area contributed by atoms with Crippen molar-refractivity contribution in [2.75, 3.05) is 19.9 Å². The average molecular weight is 476 g/mol. The van der Waals surface area contributed by atoms with Gasteiger partial charge >= 0.3 is 0 Å². The summed E-state index contributed by atoms with van der Waals surface area (Å²) in [7, 11) is -3.83. The van der Waals surface area contributed by atoms with E-state index in [1.165, 1.54) is 12.1 Å². The zero-order valence-electron chi connectivity index (χ0n) is 19.1. The first-order chi connectivity index (χ1) is 15.9. The van der Waals surface area contributed by atoms with Crippen LogP contribution < -0.4 is 15.0 Å². The second-order valence-electron chi connectivity index (χ2n) is 7.98. The van der Waals surface area contributed by atoms with E-state index < -0.39 is 10.0 Å². The van der Waals surface area contributed by atoms with Crippen LogP contribution in [0.5, 0.6) is 5.75 Å². The summed E-state index contributed by atoms with van der Waals surface area (Å²) >= 11 is 0. The molecule has 2 aromatic heterocycles. The summed E-state index contributed by atoms with van der Waals surface area (Å²) in [4.78, 5) is 20.5. The van der Waals surface area contributed by atoms with Gasteiger partial charge in [-0.3, -0.25) is 4.79 Å². The smallest absolute Gasteiger partial charge is 0.277 e. The molecule has 0 bridgehead atoms. The number of imidazole rings is 1. The maximum atomic E-state index is 13.0. The third kappa shape index (κ3) is 4.66. The number of nitrogens with one attached hydrogen (secondary N) is 2. The summed E-state index contributed by atoms with van der Waals surface area (Å²) in [5.41, 5.74) is 1.07. The summed E-state index contributed by atoms with van der Waals surface area (Å²) in [5, 5.41) is 4.69. The number of sulfonamides is 1. The molecule has 0 aliphatic heterocycles. The minimum absolute atomic E-state index is 0.0150. The molecular weight excluding hydrogens is 446 g/mol. The topological polar surface area (TPSA) is 128 Å². The van der Waals surface area contributed by atoms with Crippen LogP contribution in [-0.2, 0) is 14.8 Å². The highest BCUT2D eigenvalue weighted by Crippen LogP contribution is 2.34. The van der Waals surface area contributed by atoms with Gasteiger partial charge in [0.05, 0.1) is 22.8 Å². The van der Waals surface area contributed by atoms with Gasteiger partial charge in [-0.05, 0) is 51.8 Å². The first-order valence-corrected chi connectivity index (χ1v) is 12.7. The van der Waals surface area contributed by atoms with Gasteiger partial charge in [0.2, 0.25) is 10.0 Å². The zero-order valence-corrected chi connectivity index (χ0v) is 19.9. The van der Waals surface area contributed by atoms with E-state index in [1.807, 2.05) is 6.92 Å².